The topological polar surface area (TPSA) is 79.2 Å². The fourth-order valence-electron chi connectivity index (χ4n) is 2.98. The van der Waals surface area contributed by atoms with Crippen molar-refractivity contribution >= 4 is 17.5 Å². The third-order valence-electron chi connectivity index (χ3n) is 4.37. The molecule has 134 valence electrons. The average Bonchev–Trinajstić information content (AvgIpc) is 3.11. The number of nitrogens with one attached hydrogen (secondary N) is 1. The Labute approximate surface area is 147 Å². The molecule has 3 rings (SSSR count). The van der Waals surface area contributed by atoms with Crippen molar-refractivity contribution in [1.82, 2.24) is 25.1 Å². The lowest BCUT2D eigenvalue weighted by atomic mass is 10.1. The Bertz CT molecular complexity index is 727. The van der Waals surface area contributed by atoms with Crippen molar-refractivity contribution in [1.29, 1.82) is 0 Å². The Hall–Kier alpha value is -2.64. The van der Waals surface area contributed by atoms with Gasteiger partial charge in [0.05, 0.1) is 0 Å². The van der Waals surface area contributed by atoms with Crippen molar-refractivity contribution < 1.29 is 4.79 Å². The zero-order valence-electron chi connectivity index (χ0n) is 15.0. The van der Waals surface area contributed by atoms with E-state index in [1.165, 1.54) is 0 Å². The molecule has 8 nitrogen and oxygen atoms in total. The van der Waals surface area contributed by atoms with Crippen LogP contribution in [0.5, 0.6) is 0 Å². The SMILES string of the molecule is CCn1ccc(C(=O)N[C@@H]2CCCN(c3cc(N(C)C)ncn3)C2)n1. The second-order valence-corrected chi connectivity index (χ2v) is 6.44. The van der Waals surface area contributed by atoms with Crippen molar-refractivity contribution in [3.63, 3.8) is 0 Å². The first kappa shape index (κ1) is 17.2. The second-order valence-electron chi connectivity index (χ2n) is 6.44. The van der Waals surface area contributed by atoms with Gasteiger partial charge >= 0.3 is 0 Å². The van der Waals surface area contributed by atoms with Crippen LogP contribution in [0.2, 0.25) is 0 Å². The largest absolute Gasteiger partial charge is 0.363 e. The molecule has 3 heterocycles. The maximum atomic E-state index is 12.4. The Morgan fingerprint density at radius 2 is 2.24 bits per heavy atom. The molecule has 2 aromatic heterocycles. The summed E-state index contributed by atoms with van der Waals surface area (Å²) in [6, 6.07) is 3.83. The molecule has 8 heteroatoms. The molecule has 0 radical (unpaired) electrons. The minimum Gasteiger partial charge on any atom is -0.363 e. The summed E-state index contributed by atoms with van der Waals surface area (Å²) in [7, 11) is 3.92. The van der Waals surface area contributed by atoms with E-state index in [4.69, 9.17) is 0 Å². The number of carbonyl (C=O) groups is 1. The van der Waals surface area contributed by atoms with Crippen LogP contribution in [0.25, 0.3) is 0 Å². The molecule has 2 aromatic rings. The van der Waals surface area contributed by atoms with Gasteiger partial charge in [-0.3, -0.25) is 9.48 Å². The highest BCUT2D eigenvalue weighted by Crippen LogP contribution is 2.20. The molecular weight excluding hydrogens is 318 g/mol. The third-order valence-corrected chi connectivity index (χ3v) is 4.37. The van der Waals surface area contributed by atoms with Crippen LogP contribution in [0.1, 0.15) is 30.3 Å². The summed E-state index contributed by atoms with van der Waals surface area (Å²) in [6.07, 6.45) is 5.38. The summed E-state index contributed by atoms with van der Waals surface area (Å²) >= 11 is 0. The molecule has 1 amide bonds. The summed E-state index contributed by atoms with van der Waals surface area (Å²) in [4.78, 5) is 25.2. The number of aromatic nitrogens is 4. The van der Waals surface area contributed by atoms with Gasteiger partial charge in [0.15, 0.2) is 0 Å². The molecule has 0 unspecified atom stereocenters. The minimum absolute atomic E-state index is 0.0887. The molecule has 0 aliphatic carbocycles. The maximum absolute atomic E-state index is 12.4. The number of piperidine rings is 1. The van der Waals surface area contributed by atoms with Gasteiger partial charge in [-0.05, 0) is 25.8 Å². The van der Waals surface area contributed by atoms with Gasteiger partial charge in [0, 0.05) is 52.0 Å². The van der Waals surface area contributed by atoms with E-state index in [9.17, 15) is 4.79 Å². The number of hydrogen-bond acceptors (Lipinski definition) is 6. The predicted octanol–water partition coefficient (Wildman–Crippen LogP) is 1.16. The van der Waals surface area contributed by atoms with Crippen molar-refractivity contribution in [2.75, 3.05) is 37.0 Å². The first-order chi connectivity index (χ1) is 12.1. The molecule has 1 saturated heterocycles. The Morgan fingerprint density at radius 3 is 2.96 bits per heavy atom. The Kier molecular flexibility index (Phi) is 5.16. The van der Waals surface area contributed by atoms with Gasteiger partial charge in [0.25, 0.3) is 5.91 Å². The van der Waals surface area contributed by atoms with Crippen LogP contribution in [0.4, 0.5) is 11.6 Å². The van der Waals surface area contributed by atoms with E-state index in [1.807, 2.05) is 38.2 Å². The van der Waals surface area contributed by atoms with Crippen LogP contribution in [0.15, 0.2) is 24.7 Å². The molecule has 1 fully saturated rings. The van der Waals surface area contributed by atoms with Gasteiger partial charge in [-0.15, -0.1) is 0 Å². The van der Waals surface area contributed by atoms with Crippen LogP contribution in [-0.2, 0) is 6.54 Å². The van der Waals surface area contributed by atoms with E-state index in [2.05, 4.69) is 25.3 Å². The van der Waals surface area contributed by atoms with Gasteiger partial charge in [-0.1, -0.05) is 0 Å². The quantitative estimate of drug-likeness (QED) is 0.878. The summed E-state index contributed by atoms with van der Waals surface area (Å²) in [5.41, 5.74) is 0.468. The van der Waals surface area contributed by atoms with Crippen molar-refractivity contribution in [3.05, 3.63) is 30.4 Å². The summed E-state index contributed by atoms with van der Waals surface area (Å²) in [5, 5.41) is 7.37. The predicted molar refractivity (Wildman–Crippen MR) is 97.0 cm³/mol. The van der Waals surface area contributed by atoms with Crippen LogP contribution in [0, 0.1) is 0 Å². The zero-order valence-corrected chi connectivity index (χ0v) is 15.0. The fraction of sp³-hybridized carbons (Fsp3) is 0.529. The molecule has 0 spiro atoms. The minimum atomic E-state index is -0.115. The summed E-state index contributed by atoms with van der Waals surface area (Å²) in [6.45, 7) is 4.43. The zero-order chi connectivity index (χ0) is 17.8. The highest BCUT2D eigenvalue weighted by Gasteiger charge is 2.24. The highest BCUT2D eigenvalue weighted by atomic mass is 16.2. The van der Waals surface area contributed by atoms with Crippen LogP contribution >= 0.6 is 0 Å². The fourth-order valence-corrected chi connectivity index (χ4v) is 2.98. The normalized spacial score (nSPS) is 17.4. The lowest BCUT2D eigenvalue weighted by Crippen LogP contribution is -2.48. The molecule has 0 saturated carbocycles. The molecule has 1 aliphatic heterocycles. The summed E-state index contributed by atoms with van der Waals surface area (Å²) < 4.78 is 1.76. The van der Waals surface area contributed by atoms with Gasteiger partial charge < -0.3 is 15.1 Å². The number of amides is 1. The number of nitrogens with zero attached hydrogens (tertiary/aromatic N) is 6. The van der Waals surface area contributed by atoms with E-state index >= 15 is 0 Å². The number of anilines is 2. The average molecular weight is 343 g/mol. The highest BCUT2D eigenvalue weighted by molar-refractivity contribution is 5.92. The van der Waals surface area contributed by atoms with E-state index in [1.54, 1.807) is 17.1 Å². The lowest BCUT2D eigenvalue weighted by Gasteiger charge is -2.34. The molecule has 0 bridgehead atoms. The molecule has 1 atom stereocenters. The van der Waals surface area contributed by atoms with Gasteiger partial charge in [-0.25, -0.2) is 9.97 Å². The first-order valence-corrected chi connectivity index (χ1v) is 8.65. The van der Waals surface area contributed by atoms with Gasteiger partial charge in [-0.2, -0.15) is 5.10 Å². The lowest BCUT2D eigenvalue weighted by molar-refractivity contribution is 0.0927. The standard InChI is InChI=1S/C17H25N7O/c1-4-24-9-7-14(21-24)17(25)20-13-6-5-8-23(11-13)16-10-15(22(2)3)18-12-19-16/h7,9-10,12-13H,4-6,8,11H2,1-3H3,(H,20,25)/t13-/m1/s1. The first-order valence-electron chi connectivity index (χ1n) is 8.65. The Morgan fingerprint density at radius 1 is 1.40 bits per heavy atom. The van der Waals surface area contributed by atoms with Crippen LogP contribution < -0.4 is 15.1 Å². The van der Waals surface area contributed by atoms with Gasteiger partial charge in [0.2, 0.25) is 0 Å². The second kappa shape index (κ2) is 7.50. The van der Waals surface area contributed by atoms with E-state index in [0.29, 0.717) is 5.69 Å². The third kappa shape index (κ3) is 4.07. The number of rotatable bonds is 5. The number of hydrogen-bond donors (Lipinski definition) is 1. The van der Waals surface area contributed by atoms with Crippen LogP contribution in [-0.4, -0.2) is 58.9 Å². The maximum Gasteiger partial charge on any atom is 0.272 e. The molecule has 0 aromatic carbocycles. The smallest absolute Gasteiger partial charge is 0.272 e. The van der Waals surface area contributed by atoms with E-state index in [-0.39, 0.29) is 11.9 Å². The molecule has 1 N–H and O–H groups in total. The van der Waals surface area contributed by atoms with E-state index < -0.39 is 0 Å². The molecule has 25 heavy (non-hydrogen) atoms. The van der Waals surface area contributed by atoms with Crippen LogP contribution in [0.3, 0.4) is 0 Å². The monoisotopic (exact) mass is 343 g/mol. The Balaban J connectivity index is 1.64. The van der Waals surface area contributed by atoms with E-state index in [0.717, 1.165) is 44.1 Å². The number of aryl methyl sites for hydroxylation is 1. The van der Waals surface area contributed by atoms with Crippen molar-refractivity contribution in [3.8, 4) is 0 Å². The van der Waals surface area contributed by atoms with Crippen molar-refractivity contribution in [2.24, 2.45) is 0 Å². The van der Waals surface area contributed by atoms with Crippen molar-refractivity contribution in [2.45, 2.75) is 32.4 Å². The van der Waals surface area contributed by atoms with Gasteiger partial charge in [0.1, 0.15) is 23.7 Å². The molecule has 1 aliphatic rings. The number of carbonyl (C=O) groups excluding carboxylic acids is 1. The molecular formula is C17H25N7O. The summed E-state index contributed by atoms with van der Waals surface area (Å²) in [5.74, 6) is 1.66.